The predicted octanol–water partition coefficient (Wildman–Crippen LogP) is 4.64. The molecular formula is C26H37Cl2N3O3. The van der Waals surface area contributed by atoms with Gasteiger partial charge in [0.2, 0.25) is 5.91 Å². The largest absolute Gasteiger partial charge is 0.497 e. The number of halogens is 2. The molecule has 1 amide bonds. The summed E-state index contributed by atoms with van der Waals surface area (Å²) in [7, 11) is 3.41. The molecule has 1 aliphatic heterocycles. The van der Waals surface area contributed by atoms with Gasteiger partial charge in [0.25, 0.3) is 0 Å². The molecule has 0 bridgehead atoms. The van der Waals surface area contributed by atoms with E-state index in [4.69, 9.17) is 9.47 Å². The zero-order valence-corrected chi connectivity index (χ0v) is 21.8. The first-order valence-electron chi connectivity index (χ1n) is 11.7. The topological polar surface area (TPSA) is 54.0 Å². The van der Waals surface area contributed by atoms with Crippen LogP contribution in [-0.2, 0) is 11.2 Å². The van der Waals surface area contributed by atoms with Crippen molar-refractivity contribution in [1.29, 1.82) is 0 Å². The molecule has 8 heteroatoms. The van der Waals surface area contributed by atoms with E-state index in [0.29, 0.717) is 6.42 Å². The van der Waals surface area contributed by atoms with Crippen molar-refractivity contribution in [3.8, 4) is 11.5 Å². The van der Waals surface area contributed by atoms with E-state index < -0.39 is 0 Å². The van der Waals surface area contributed by atoms with Gasteiger partial charge in [0.05, 0.1) is 25.9 Å². The number of anilines is 1. The molecule has 2 aromatic carbocycles. The van der Waals surface area contributed by atoms with E-state index in [2.05, 4.69) is 39.4 Å². The monoisotopic (exact) mass is 509 g/mol. The van der Waals surface area contributed by atoms with Gasteiger partial charge in [-0.1, -0.05) is 18.2 Å². The molecule has 0 spiro atoms. The summed E-state index contributed by atoms with van der Waals surface area (Å²) in [5, 5.41) is 3.27. The molecule has 0 saturated carbocycles. The van der Waals surface area contributed by atoms with Crippen molar-refractivity contribution in [3.63, 3.8) is 0 Å². The fourth-order valence-electron chi connectivity index (χ4n) is 4.89. The number of amides is 1. The number of carbonyl (C=O) groups excluding carboxylic acids is 1. The molecule has 1 N–H and O–H groups in total. The number of fused-ring (bicyclic) bond motifs is 1. The fourth-order valence-corrected chi connectivity index (χ4v) is 4.89. The minimum Gasteiger partial charge on any atom is -0.497 e. The van der Waals surface area contributed by atoms with Crippen molar-refractivity contribution in [2.24, 2.45) is 0 Å². The average molecular weight is 511 g/mol. The highest BCUT2D eigenvalue weighted by atomic mass is 35.5. The van der Waals surface area contributed by atoms with Crippen molar-refractivity contribution in [2.45, 2.75) is 38.1 Å². The van der Waals surface area contributed by atoms with Crippen LogP contribution < -0.4 is 19.7 Å². The van der Waals surface area contributed by atoms with Crippen molar-refractivity contribution >= 4 is 36.4 Å². The Morgan fingerprint density at radius 1 is 1.03 bits per heavy atom. The number of nitrogens with zero attached hydrogens (tertiary/aromatic N) is 2. The van der Waals surface area contributed by atoms with Gasteiger partial charge in [-0.15, -0.1) is 24.8 Å². The number of piperazine rings is 1. The smallest absolute Gasteiger partial charge is 0.220 e. The van der Waals surface area contributed by atoms with Crippen molar-refractivity contribution < 1.29 is 14.3 Å². The molecule has 34 heavy (non-hydrogen) atoms. The first kappa shape index (κ1) is 28.1. The molecular weight excluding hydrogens is 473 g/mol. The zero-order chi connectivity index (χ0) is 22.3. The van der Waals surface area contributed by atoms with E-state index in [0.717, 1.165) is 69.9 Å². The third-order valence-corrected chi connectivity index (χ3v) is 6.68. The molecule has 0 radical (unpaired) electrons. The Bertz CT molecular complexity index is 920. The second kappa shape index (κ2) is 13.7. The normalized spacial score (nSPS) is 17.6. The lowest BCUT2D eigenvalue weighted by molar-refractivity contribution is -0.122. The molecule has 0 aromatic heterocycles. The molecule has 188 valence electrons. The van der Waals surface area contributed by atoms with Crippen LogP contribution in [0.15, 0.2) is 42.5 Å². The third kappa shape index (κ3) is 6.94. The summed E-state index contributed by atoms with van der Waals surface area (Å²) >= 11 is 0. The summed E-state index contributed by atoms with van der Waals surface area (Å²) in [6, 6.07) is 14.5. The number of methoxy groups -OCH3 is 2. The summed E-state index contributed by atoms with van der Waals surface area (Å²) in [5.74, 6) is 1.94. The van der Waals surface area contributed by atoms with Gasteiger partial charge < -0.3 is 19.7 Å². The molecule has 6 nitrogen and oxygen atoms in total. The minimum absolute atomic E-state index is 0. The Balaban J connectivity index is 0.00000204. The third-order valence-electron chi connectivity index (χ3n) is 6.68. The maximum Gasteiger partial charge on any atom is 0.220 e. The molecule has 1 aliphatic carbocycles. The first-order chi connectivity index (χ1) is 15.7. The molecule has 2 aliphatic rings. The van der Waals surface area contributed by atoms with Crippen molar-refractivity contribution in [3.05, 3.63) is 53.6 Å². The number of para-hydroxylation sites is 2. The Hall–Kier alpha value is -2.15. The summed E-state index contributed by atoms with van der Waals surface area (Å²) in [6.07, 6.45) is 4.64. The number of benzene rings is 2. The summed E-state index contributed by atoms with van der Waals surface area (Å²) < 4.78 is 10.9. The zero-order valence-electron chi connectivity index (χ0n) is 20.1. The quantitative estimate of drug-likeness (QED) is 0.561. The van der Waals surface area contributed by atoms with E-state index in [-0.39, 0.29) is 36.8 Å². The second-order valence-corrected chi connectivity index (χ2v) is 8.68. The van der Waals surface area contributed by atoms with Crippen LogP contribution in [0.1, 0.15) is 42.9 Å². The average Bonchev–Trinajstić information content (AvgIpc) is 2.84. The number of aryl methyl sites for hydroxylation is 1. The Morgan fingerprint density at radius 3 is 2.53 bits per heavy atom. The molecule has 1 saturated heterocycles. The number of carbonyl (C=O) groups is 1. The lowest BCUT2D eigenvalue weighted by Gasteiger charge is -2.36. The summed E-state index contributed by atoms with van der Waals surface area (Å²) in [4.78, 5) is 17.5. The van der Waals surface area contributed by atoms with E-state index in [1.807, 2.05) is 18.2 Å². The molecule has 4 rings (SSSR count). The van der Waals surface area contributed by atoms with Gasteiger partial charge in [-0.3, -0.25) is 9.69 Å². The highest BCUT2D eigenvalue weighted by molar-refractivity contribution is 5.85. The highest BCUT2D eigenvalue weighted by Gasteiger charge is 2.23. The van der Waals surface area contributed by atoms with Gasteiger partial charge in [0, 0.05) is 32.6 Å². The minimum atomic E-state index is 0. The Kier molecular flexibility index (Phi) is 11.3. The number of nitrogens with one attached hydrogen (secondary N) is 1. The predicted molar refractivity (Wildman–Crippen MR) is 142 cm³/mol. The molecule has 1 unspecified atom stereocenters. The van der Waals surface area contributed by atoms with Crippen LogP contribution in [0.4, 0.5) is 5.69 Å². The van der Waals surface area contributed by atoms with Crippen LogP contribution in [0.3, 0.4) is 0 Å². The maximum atomic E-state index is 12.6. The number of rotatable bonds is 8. The van der Waals surface area contributed by atoms with Gasteiger partial charge in [-0.05, 0) is 67.6 Å². The van der Waals surface area contributed by atoms with E-state index in [1.165, 1.54) is 16.8 Å². The Labute approximate surface area is 215 Å². The maximum absolute atomic E-state index is 12.6. The standard InChI is InChI=1S/C26H35N3O3.2ClH/c1-31-21-13-12-20-7-5-8-23(22(20)19-21)27-26(30)11-6-14-28-15-17-29(18-16-28)24-9-3-4-10-25(24)32-2;;/h3-4,9-10,12-13,19,23H,5-8,11,14-18H2,1-2H3,(H,27,30);2*1H. The number of hydrogen-bond donors (Lipinski definition) is 1. The SMILES string of the molecule is COc1ccc2c(c1)C(NC(=O)CCCN1CCN(c3ccccc3OC)CC1)CCC2.Cl.Cl. The molecule has 1 atom stereocenters. The van der Waals surface area contributed by atoms with Gasteiger partial charge in [0.15, 0.2) is 0 Å². The van der Waals surface area contributed by atoms with E-state index in [1.54, 1.807) is 14.2 Å². The van der Waals surface area contributed by atoms with Gasteiger partial charge in [-0.25, -0.2) is 0 Å². The lowest BCUT2D eigenvalue weighted by Crippen LogP contribution is -2.46. The second-order valence-electron chi connectivity index (χ2n) is 8.68. The van der Waals surface area contributed by atoms with Gasteiger partial charge in [-0.2, -0.15) is 0 Å². The summed E-state index contributed by atoms with van der Waals surface area (Å²) in [5.41, 5.74) is 3.71. The van der Waals surface area contributed by atoms with Crippen LogP contribution >= 0.6 is 24.8 Å². The van der Waals surface area contributed by atoms with Crippen molar-refractivity contribution in [2.75, 3.05) is 51.8 Å². The molecule has 2 aromatic rings. The molecule has 1 heterocycles. The number of ether oxygens (including phenoxy) is 2. The van der Waals surface area contributed by atoms with E-state index in [9.17, 15) is 4.79 Å². The van der Waals surface area contributed by atoms with Crippen LogP contribution in [0, 0.1) is 0 Å². The lowest BCUT2D eigenvalue weighted by atomic mass is 9.87. The summed E-state index contributed by atoms with van der Waals surface area (Å²) in [6.45, 7) is 4.94. The van der Waals surface area contributed by atoms with Gasteiger partial charge >= 0.3 is 0 Å². The fraction of sp³-hybridized carbons (Fsp3) is 0.500. The van der Waals surface area contributed by atoms with E-state index >= 15 is 0 Å². The van der Waals surface area contributed by atoms with Crippen LogP contribution in [0.5, 0.6) is 11.5 Å². The highest BCUT2D eigenvalue weighted by Crippen LogP contribution is 2.32. The van der Waals surface area contributed by atoms with Crippen LogP contribution in [0.25, 0.3) is 0 Å². The van der Waals surface area contributed by atoms with Crippen LogP contribution in [-0.4, -0.2) is 57.8 Å². The van der Waals surface area contributed by atoms with Crippen LogP contribution in [0.2, 0.25) is 0 Å². The van der Waals surface area contributed by atoms with Gasteiger partial charge in [0.1, 0.15) is 11.5 Å². The first-order valence-corrected chi connectivity index (χ1v) is 11.7. The van der Waals surface area contributed by atoms with Crippen molar-refractivity contribution in [1.82, 2.24) is 10.2 Å². The number of hydrogen-bond acceptors (Lipinski definition) is 5. The Morgan fingerprint density at radius 2 is 1.79 bits per heavy atom. The molecule has 1 fully saturated rings.